The molecule has 0 bridgehead atoms. The normalized spacial score (nSPS) is 11.8. The molecule has 0 aliphatic carbocycles. The van der Waals surface area contributed by atoms with Crippen molar-refractivity contribution in [2.24, 2.45) is 0 Å². The van der Waals surface area contributed by atoms with Gasteiger partial charge in [0, 0.05) is 41.5 Å². The van der Waals surface area contributed by atoms with Crippen molar-refractivity contribution < 1.29 is 0 Å². The van der Waals surface area contributed by atoms with Crippen molar-refractivity contribution in [3.63, 3.8) is 0 Å². The van der Waals surface area contributed by atoms with E-state index in [0.717, 1.165) is 16.2 Å². The molecular formula is C30H18ClNS. The van der Waals surface area contributed by atoms with Crippen LogP contribution in [0, 0.1) is 0 Å². The SMILES string of the molecule is Clc1ccc2c3ccccc3n(-c3ccccc3-c3ccc4sc5ccccc5c4c3)c2c1. The molecule has 5 aromatic carbocycles. The number of thiophene rings is 1. The summed E-state index contributed by atoms with van der Waals surface area (Å²) in [5.41, 5.74) is 5.89. The molecule has 0 N–H and O–H groups in total. The molecule has 0 fully saturated rings. The Morgan fingerprint density at radius 3 is 2.21 bits per heavy atom. The zero-order valence-electron chi connectivity index (χ0n) is 17.6. The molecule has 0 aliphatic heterocycles. The second kappa shape index (κ2) is 7.21. The van der Waals surface area contributed by atoms with E-state index in [1.165, 1.54) is 47.6 Å². The first-order valence-electron chi connectivity index (χ1n) is 11.0. The summed E-state index contributed by atoms with van der Waals surface area (Å²) in [6.07, 6.45) is 0. The summed E-state index contributed by atoms with van der Waals surface area (Å²) in [5, 5.41) is 5.83. The van der Waals surface area contributed by atoms with E-state index in [1.54, 1.807) is 0 Å². The summed E-state index contributed by atoms with van der Waals surface area (Å²) in [6, 6.07) is 38.9. The molecule has 3 heteroatoms. The minimum atomic E-state index is 0.746. The van der Waals surface area contributed by atoms with Gasteiger partial charge in [0.25, 0.3) is 0 Å². The predicted molar refractivity (Wildman–Crippen MR) is 144 cm³/mol. The van der Waals surface area contributed by atoms with Crippen LogP contribution in [0.1, 0.15) is 0 Å². The second-order valence-electron chi connectivity index (χ2n) is 8.34. The Kier molecular flexibility index (Phi) is 4.14. The van der Waals surface area contributed by atoms with Gasteiger partial charge in [-0.3, -0.25) is 0 Å². The number of rotatable bonds is 2. The van der Waals surface area contributed by atoms with Gasteiger partial charge in [0.1, 0.15) is 0 Å². The summed E-state index contributed by atoms with van der Waals surface area (Å²) in [7, 11) is 0. The summed E-state index contributed by atoms with van der Waals surface area (Å²) < 4.78 is 5.00. The molecule has 2 aromatic heterocycles. The smallest absolute Gasteiger partial charge is 0.0556 e. The predicted octanol–water partition coefficient (Wildman–Crippen LogP) is 9.47. The molecule has 156 valence electrons. The highest BCUT2D eigenvalue weighted by molar-refractivity contribution is 7.25. The van der Waals surface area contributed by atoms with Gasteiger partial charge in [-0.1, -0.05) is 78.3 Å². The average Bonchev–Trinajstić information content (AvgIpc) is 3.39. The average molecular weight is 460 g/mol. The zero-order valence-corrected chi connectivity index (χ0v) is 19.2. The van der Waals surface area contributed by atoms with Gasteiger partial charge in [-0.05, 0) is 48.0 Å². The van der Waals surface area contributed by atoms with Gasteiger partial charge in [-0.2, -0.15) is 0 Å². The number of nitrogens with zero attached hydrogens (tertiary/aromatic N) is 1. The minimum absolute atomic E-state index is 0.746. The molecule has 0 radical (unpaired) electrons. The molecule has 0 saturated heterocycles. The Morgan fingerprint density at radius 1 is 0.545 bits per heavy atom. The van der Waals surface area contributed by atoms with Crippen LogP contribution in [0.2, 0.25) is 5.02 Å². The maximum absolute atomic E-state index is 6.46. The number of para-hydroxylation sites is 2. The fraction of sp³-hybridized carbons (Fsp3) is 0. The van der Waals surface area contributed by atoms with E-state index in [0.29, 0.717) is 0 Å². The molecule has 0 saturated carbocycles. The highest BCUT2D eigenvalue weighted by Crippen LogP contribution is 2.40. The highest BCUT2D eigenvalue weighted by Gasteiger charge is 2.16. The van der Waals surface area contributed by atoms with Gasteiger partial charge in [-0.25, -0.2) is 0 Å². The minimum Gasteiger partial charge on any atom is -0.309 e. The molecule has 0 atom stereocenters. The standard InChI is InChI=1S/C30H18ClNS/c31-20-14-15-23-22-8-2-5-11-27(22)32(28(23)18-20)26-10-4-1-7-21(26)19-13-16-30-25(17-19)24-9-3-6-12-29(24)33-30/h1-18H. The van der Waals surface area contributed by atoms with Crippen molar-refractivity contribution in [3.05, 3.63) is 114 Å². The molecule has 0 aliphatic rings. The van der Waals surface area contributed by atoms with Crippen molar-refractivity contribution in [2.45, 2.75) is 0 Å². The first-order valence-corrected chi connectivity index (χ1v) is 12.2. The third kappa shape index (κ3) is 2.85. The zero-order chi connectivity index (χ0) is 21.9. The Balaban J connectivity index is 1.55. The van der Waals surface area contributed by atoms with Crippen molar-refractivity contribution in [1.29, 1.82) is 0 Å². The number of benzene rings is 5. The number of aromatic nitrogens is 1. The van der Waals surface area contributed by atoms with Crippen LogP contribution < -0.4 is 0 Å². The van der Waals surface area contributed by atoms with Crippen LogP contribution in [0.25, 0.3) is 58.8 Å². The molecule has 0 unspecified atom stereocenters. The van der Waals surface area contributed by atoms with E-state index in [-0.39, 0.29) is 0 Å². The van der Waals surface area contributed by atoms with E-state index in [4.69, 9.17) is 11.6 Å². The van der Waals surface area contributed by atoms with E-state index in [2.05, 4.69) is 108 Å². The first-order chi connectivity index (χ1) is 16.3. The Bertz CT molecular complexity index is 1840. The van der Waals surface area contributed by atoms with Gasteiger partial charge in [0.2, 0.25) is 0 Å². The second-order valence-corrected chi connectivity index (χ2v) is 9.86. The van der Waals surface area contributed by atoms with Crippen LogP contribution in [0.3, 0.4) is 0 Å². The highest BCUT2D eigenvalue weighted by atomic mass is 35.5. The maximum Gasteiger partial charge on any atom is 0.0556 e. The lowest BCUT2D eigenvalue weighted by Gasteiger charge is -2.14. The van der Waals surface area contributed by atoms with Crippen molar-refractivity contribution in [1.82, 2.24) is 4.57 Å². The van der Waals surface area contributed by atoms with Gasteiger partial charge < -0.3 is 4.57 Å². The van der Waals surface area contributed by atoms with E-state index in [1.807, 2.05) is 17.4 Å². The van der Waals surface area contributed by atoms with Crippen LogP contribution in [0.4, 0.5) is 0 Å². The third-order valence-electron chi connectivity index (χ3n) is 6.47. The van der Waals surface area contributed by atoms with Gasteiger partial charge in [0.05, 0.1) is 16.7 Å². The number of fused-ring (bicyclic) bond motifs is 6. The van der Waals surface area contributed by atoms with Gasteiger partial charge >= 0.3 is 0 Å². The van der Waals surface area contributed by atoms with Crippen LogP contribution in [-0.2, 0) is 0 Å². The summed E-state index contributed by atoms with van der Waals surface area (Å²) in [4.78, 5) is 0. The molecule has 0 spiro atoms. The van der Waals surface area contributed by atoms with E-state index < -0.39 is 0 Å². The van der Waals surface area contributed by atoms with Crippen LogP contribution in [-0.4, -0.2) is 4.57 Å². The van der Waals surface area contributed by atoms with Crippen molar-refractivity contribution >= 4 is 64.9 Å². The molecule has 7 rings (SSSR count). The Morgan fingerprint density at radius 2 is 1.27 bits per heavy atom. The number of hydrogen-bond acceptors (Lipinski definition) is 1. The monoisotopic (exact) mass is 459 g/mol. The van der Waals surface area contributed by atoms with Crippen LogP contribution >= 0.6 is 22.9 Å². The van der Waals surface area contributed by atoms with Crippen LogP contribution in [0.15, 0.2) is 109 Å². The molecular weight excluding hydrogens is 442 g/mol. The van der Waals surface area contributed by atoms with E-state index >= 15 is 0 Å². The quantitative estimate of drug-likeness (QED) is 0.242. The Hall–Kier alpha value is -3.59. The molecule has 33 heavy (non-hydrogen) atoms. The summed E-state index contributed by atoms with van der Waals surface area (Å²) in [5.74, 6) is 0. The van der Waals surface area contributed by atoms with Gasteiger partial charge in [-0.15, -0.1) is 11.3 Å². The number of halogens is 1. The lowest BCUT2D eigenvalue weighted by Crippen LogP contribution is -1.97. The molecule has 0 amide bonds. The summed E-state index contributed by atoms with van der Waals surface area (Å²) in [6.45, 7) is 0. The molecule has 2 heterocycles. The topological polar surface area (TPSA) is 4.93 Å². The van der Waals surface area contributed by atoms with Crippen LogP contribution in [0.5, 0.6) is 0 Å². The summed E-state index contributed by atoms with van der Waals surface area (Å²) >= 11 is 8.31. The molecule has 1 nitrogen and oxygen atoms in total. The van der Waals surface area contributed by atoms with Crippen molar-refractivity contribution in [3.8, 4) is 16.8 Å². The number of hydrogen-bond donors (Lipinski definition) is 0. The largest absolute Gasteiger partial charge is 0.309 e. The Labute approximate surface area is 200 Å². The third-order valence-corrected chi connectivity index (χ3v) is 7.86. The first kappa shape index (κ1) is 18.9. The van der Waals surface area contributed by atoms with Crippen molar-refractivity contribution in [2.75, 3.05) is 0 Å². The molecule has 7 aromatic rings. The lowest BCUT2D eigenvalue weighted by molar-refractivity contribution is 1.18. The maximum atomic E-state index is 6.46. The lowest BCUT2D eigenvalue weighted by atomic mass is 10.0. The fourth-order valence-electron chi connectivity index (χ4n) is 5.01. The van der Waals surface area contributed by atoms with Gasteiger partial charge in [0.15, 0.2) is 0 Å². The fourth-order valence-corrected chi connectivity index (χ4v) is 6.26. The van der Waals surface area contributed by atoms with E-state index in [9.17, 15) is 0 Å².